The van der Waals surface area contributed by atoms with Crippen LogP contribution in [0.4, 0.5) is 0 Å². The van der Waals surface area contributed by atoms with Gasteiger partial charge in [-0.1, -0.05) is 42.0 Å². The Morgan fingerprint density at radius 3 is 1.54 bits per heavy atom. The third-order valence-corrected chi connectivity index (χ3v) is 3.60. The number of allylic oxidation sites excluding steroid dienone is 2. The third kappa shape index (κ3) is 9.87. The Labute approximate surface area is 184 Å². The summed E-state index contributed by atoms with van der Waals surface area (Å²) >= 11 is 0. The second kappa shape index (κ2) is 15.4. The predicted molar refractivity (Wildman–Crippen MR) is 116 cm³/mol. The summed E-state index contributed by atoms with van der Waals surface area (Å²) in [6, 6.07) is 40.4. The van der Waals surface area contributed by atoms with E-state index >= 15 is 0 Å². The maximum absolute atomic E-state index is 3.68. The van der Waals surface area contributed by atoms with E-state index in [2.05, 4.69) is 30.9 Å². The van der Waals surface area contributed by atoms with Crippen molar-refractivity contribution in [1.29, 1.82) is 0 Å². The molecule has 0 radical (unpaired) electrons. The zero-order chi connectivity index (χ0) is 19.0. The largest absolute Gasteiger partial charge is 0.501 e. The van der Waals surface area contributed by atoms with Crippen LogP contribution < -0.4 is 0 Å². The van der Waals surface area contributed by atoms with E-state index in [9.17, 15) is 0 Å². The van der Waals surface area contributed by atoms with Gasteiger partial charge in [0.05, 0.1) is 0 Å². The molecule has 0 aliphatic carbocycles. The van der Waals surface area contributed by atoms with Crippen LogP contribution in [0.1, 0.15) is 17.5 Å². The molecule has 140 valence electrons. The summed E-state index contributed by atoms with van der Waals surface area (Å²) in [4.78, 5) is 0. The van der Waals surface area contributed by atoms with Crippen molar-refractivity contribution >= 4 is 5.57 Å². The number of hydrogen-bond donors (Lipinski definition) is 0. The van der Waals surface area contributed by atoms with Gasteiger partial charge in [0.1, 0.15) is 0 Å². The average molecular weight is 396 g/mol. The van der Waals surface area contributed by atoms with Gasteiger partial charge in [-0.25, -0.2) is 24.3 Å². The minimum absolute atomic E-state index is 0. The summed E-state index contributed by atoms with van der Waals surface area (Å²) in [6.07, 6.45) is 7.05. The molecule has 28 heavy (non-hydrogen) atoms. The van der Waals surface area contributed by atoms with E-state index in [0.29, 0.717) is 6.42 Å². The summed E-state index contributed by atoms with van der Waals surface area (Å²) < 4.78 is 0. The summed E-state index contributed by atoms with van der Waals surface area (Å²) in [5.74, 6) is 0. The molecule has 4 aromatic rings. The van der Waals surface area contributed by atoms with E-state index in [1.165, 1.54) is 5.56 Å². The van der Waals surface area contributed by atoms with E-state index in [1.54, 1.807) is 0 Å². The molecular weight excluding hydrogens is 372 g/mol. The first-order valence-corrected chi connectivity index (χ1v) is 8.97. The molecule has 0 N–H and O–H groups in total. The maximum atomic E-state index is 3.68. The van der Waals surface area contributed by atoms with Crippen molar-refractivity contribution < 1.29 is 21.7 Å². The molecule has 0 amide bonds. The smallest absolute Gasteiger partial charge is 0 e. The van der Waals surface area contributed by atoms with Crippen molar-refractivity contribution in [2.45, 2.75) is 6.42 Å². The summed E-state index contributed by atoms with van der Waals surface area (Å²) in [5.41, 5.74) is 3.38. The molecule has 4 aromatic carbocycles. The Bertz CT molecular complexity index is 779. The second-order valence-electron chi connectivity index (χ2n) is 5.69. The zero-order valence-electron chi connectivity index (χ0n) is 16.0. The molecule has 4 rings (SSSR count). The average Bonchev–Trinajstić information content (AvgIpc) is 3.48. The van der Waals surface area contributed by atoms with E-state index in [0.717, 1.165) is 11.1 Å². The van der Waals surface area contributed by atoms with E-state index in [-0.39, 0.29) is 21.7 Å². The van der Waals surface area contributed by atoms with Gasteiger partial charge >= 0.3 is 0 Å². The Morgan fingerprint density at radius 1 is 0.679 bits per heavy atom. The maximum Gasteiger partial charge on any atom is 0 e. The van der Waals surface area contributed by atoms with Crippen molar-refractivity contribution in [2.75, 3.05) is 0 Å². The molecule has 0 unspecified atom stereocenters. The molecule has 0 fully saturated rings. The molecule has 0 bridgehead atoms. The first-order chi connectivity index (χ1) is 13.4. The molecule has 0 spiro atoms. The first kappa shape index (κ1) is 23.4. The monoisotopic (exact) mass is 396 g/mol. The number of benzene rings is 2. The van der Waals surface area contributed by atoms with Crippen LogP contribution in [-0.2, 0) is 21.7 Å². The molecular formula is C27H24Ti-4. The topological polar surface area (TPSA) is 0 Å². The van der Waals surface area contributed by atoms with Crippen molar-refractivity contribution in [3.05, 3.63) is 151 Å². The zero-order valence-corrected chi connectivity index (χ0v) is 17.5. The fourth-order valence-corrected chi connectivity index (χ4v) is 2.32. The van der Waals surface area contributed by atoms with Gasteiger partial charge in [-0.05, 0) is 0 Å². The van der Waals surface area contributed by atoms with Gasteiger partial charge < -0.3 is 6.08 Å². The van der Waals surface area contributed by atoms with Gasteiger partial charge in [0, 0.05) is 21.7 Å². The molecule has 0 aliphatic rings. The molecule has 0 nitrogen and oxygen atoms in total. The SMILES string of the molecule is C=[C-]CC(=[C-]c1ccccc1)c1ccccc1.[Ti].c1cc[cH-]c1.c1cc[cH-]c1. The van der Waals surface area contributed by atoms with E-state index in [4.69, 9.17) is 0 Å². The predicted octanol–water partition coefficient (Wildman–Crippen LogP) is 7.11. The molecule has 0 saturated carbocycles. The van der Waals surface area contributed by atoms with Crippen LogP contribution in [0, 0.1) is 12.2 Å². The van der Waals surface area contributed by atoms with Crippen LogP contribution in [0.25, 0.3) is 5.57 Å². The van der Waals surface area contributed by atoms with Crippen LogP contribution in [0.5, 0.6) is 0 Å². The Morgan fingerprint density at radius 2 is 1.14 bits per heavy atom. The summed E-state index contributed by atoms with van der Waals surface area (Å²) in [5, 5.41) is 0. The van der Waals surface area contributed by atoms with Crippen molar-refractivity contribution in [3.63, 3.8) is 0 Å². The van der Waals surface area contributed by atoms with Gasteiger partial charge in [-0.2, -0.15) is 48.4 Å². The molecule has 1 heteroatoms. The molecule has 0 aliphatic heterocycles. The molecule has 0 aromatic heterocycles. The fraction of sp³-hybridized carbons (Fsp3) is 0.0370. The Balaban J connectivity index is 0.000000290. The summed E-state index contributed by atoms with van der Waals surface area (Å²) in [6.45, 7) is 3.68. The van der Waals surface area contributed by atoms with Crippen LogP contribution >= 0.6 is 0 Å². The minimum atomic E-state index is 0. The summed E-state index contributed by atoms with van der Waals surface area (Å²) in [7, 11) is 0. The molecule has 0 heterocycles. The van der Waals surface area contributed by atoms with Gasteiger partial charge in [0.25, 0.3) is 0 Å². The quantitative estimate of drug-likeness (QED) is 0.196. The van der Waals surface area contributed by atoms with Gasteiger partial charge in [0.2, 0.25) is 0 Å². The van der Waals surface area contributed by atoms with Crippen molar-refractivity contribution in [3.8, 4) is 0 Å². The van der Waals surface area contributed by atoms with E-state index in [1.807, 2.05) is 109 Å². The normalized spacial score (nSPS) is 9.64. The van der Waals surface area contributed by atoms with E-state index < -0.39 is 0 Å². The number of hydrogen-bond acceptors (Lipinski definition) is 0. The third-order valence-electron chi connectivity index (χ3n) is 3.60. The Hall–Kier alpha value is -2.67. The first-order valence-electron chi connectivity index (χ1n) is 8.97. The minimum Gasteiger partial charge on any atom is -0.501 e. The number of rotatable bonds is 4. The van der Waals surface area contributed by atoms with Crippen LogP contribution in [0.2, 0.25) is 0 Å². The van der Waals surface area contributed by atoms with Crippen molar-refractivity contribution in [1.82, 2.24) is 0 Å². The molecule has 0 atom stereocenters. The Kier molecular flexibility index (Phi) is 12.9. The van der Waals surface area contributed by atoms with Crippen LogP contribution in [0.3, 0.4) is 0 Å². The van der Waals surface area contributed by atoms with Gasteiger partial charge in [0.15, 0.2) is 0 Å². The second-order valence-corrected chi connectivity index (χ2v) is 5.69. The van der Waals surface area contributed by atoms with Gasteiger partial charge in [-0.3, -0.25) is 6.58 Å². The van der Waals surface area contributed by atoms with Gasteiger partial charge in [-0.15, -0.1) is 35.9 Å². The van der Waals surface area contributed by atoms with Crippen molar-refractivity contribution in [2.24, 2.45) is 0 Å². The fourth-order valence-electron chi connectivity index (χ4n) is 2.32. The molecule has 0 saturated heterocycles. The van der Waals surface area contributed by atoms with Crippen LogP contribution in [0.15, 0.2) is 128 Å². The standard InChI is InChI=1S/C17H14.2C5H5.Ti/c1-2-9-17(16-12-7-4-8-13-16)14-15-10-5-3-6-11-15;2*1-2-4-5-3-1;/h3-8,10-13H,1,9H2;2*1-5H;/q-2;2*-1;. The van der Waals surface area contributed by atoms with Crippen LogP contribution in [-0.4, -0.2) is 0 Å².